The van der Waals surface area contributed by atoms with Crippen LogP contribution in [0.25, 0.3) is 0 Å². The van der Waals surface area contributed by atoms with E-state index in [4.69, 9.17) is 4.74 Å². The van der Waals surface area contributed by atoms with Gasteiger partial charge in [-0.15, -0.1) is 0 Å². The molecular weight excluding hydrogens is 418 g/mol. The van der Waals surface area contributed by atoms with Crippen LogP contribution in [-0.2, 0) is 14.4 Å². The maximum absolute atomic E-state index is 13.4. The molecule has 2 aromatic carbocycles. The van der Waals surface area contributed by atoms with Crippen LogP contribution in [0.4, 0.5) is 0 Å². The van der Waals surface area contributed by atoms with Gasteiger partial charge in [0.2, 0.25) is 11.8 Å². The highest BCUT2D eigenvalue weighted by atomic mass is 16.5. The van der Waals surface area contributed by atoms with Gasteiger partial charge in [0.1, 0.15) is 5.75 Å². The number of likely N-dealkylation sites (tertiary alicyclic amines) is 1. The molecule has 2 saturated heterocycles. The molecule has 0 aromatic heterocycles. The van der Waals surface area contributed by atoms with E-state index in [2.05, 4.69) is 12.1 Å². The topological polar surface area (TPSA) is 70.2 Å². The van der Waals surface area contributed by atoms with E-state index in [1.807, 2.05) is 53.4 Å². The van der Waals surface area contributed by atoms with E-state index in [1.165, 1.54) is 0 Å². The molecule has 0 saturated carbocycles. The lowest BCUT2D eigenvalue weighted by atomic mass is 9.83. The third kappa shape index (κ3) is 5.72. The van der Waals surface area contributed by atoms with Gasteiger partial charge in [-0.1, -0.05) is 48.5 Å². The summed E-state index contributed by atoms with van der Waals surface area (Å²) >= 11 is 0. The number of hydrogen-bond donors (Lipinski definition) is 0. The predicted octanol–water partition coefficient (Wildman–Crippen LogP) is 2.39. The van der Waals surface area contributed by atoms with Crippen LogP contribution in [0.1, 0.15) is 24.8 Å². The van der Waals surface area contributed by atoms with Crippen molar-refractivity contribution >= 4 is 17.7 Å². The number of piperazine rings is 1. The van der Waals surface area contributed by atoms with Crippen molar-refractivity contribution in [3.8, 4) is 5.75 Å². The van der Waals surface area contributed by atoms with Crippen molar-refractivity contribution in [1.82, 2.24) is 14.7 Å². The summed E-state index contributed by atoms with van der Waals surface area (Å²) in [7, 11) is 0. The minimum atomic E-state index is -0.270. The molecule has 7 heteroatoms. The van der Waals surface area contributed by atoms with Gasteiger partial charge in [-0.25, -0.2) is 0 Å². The van der Waals surface area contributed by atoms with Crippen molar-refractivity contribution < 1.29 is 19.1 Å². The van der Waals surface area contributed by atoms with Crippen LogP contribution >= 0.6 is 0 Å². The molecule has 3 amide bonds. The molecule has 0 aliphatic carbocycles. The van der Waals surface area contributed by atoms with Gasteiger partial charge in [-0.3, -0.25) is 14.4 Å². The third-order valence-electron chi connectivity index (χ3n) is 6.57. The van der Waals surface area contributed by atoms with Crippen molar-refractivity contribution in [3.63, 3.8) is 0 Å². The van der Waals surface area contributed by atoms with E-state index in [1.54, 1.807) is 16.7 Å². The van der Waals surface area contributed by atoms with Crippen LogP contribution in [0.3, 0.4) is 0 Å². The smallest absolute Gasteiger partial charge is 0.260 e. The summed E-state index contributed by atoms with van der Waals surface area (Å²) in [5, 5.41) is 0. The summed E-state index contributed by atoms with van der Waals surface area (Å²) in [6.45, 7) is 4.67. The second-order valence-corrected chi connectivity index (χ2v) is 8.77. The molecule has 2 aliphatic rings. The molecule has 2 aliphatic heterocycles. The van der Waals surface area contributed by atoms with E-state index in [0.29, 0.717) is 51.4 Å². The molecule has 0 radical (unpaired) electrons. The van der Waals surface area contributed by atoms with Crippen LogP contribution in [0.2, 0.25) is 0 Å². The van der Waals surface area contributed by atoms with E-state index in [0.717, 1.165) is 5.56 Å². The molecule has 0 spiro atoms. The number of rotatable bonds is 5. The van der Waals surface area contributed by atoms with Crippen LogP contribution in [0.5, 0.6) is 5.75 Å². The fourth-order valence-electron chi connectivity index (χ4n) is 4.70. The van der Waals surface area contributed by atoms with Gasteiger partial charge in [0, 0.05) is 52.1 Å². The minimum Gasteiger partial charge on any atom is -0.484 e. The van der Waals surface area contributed by atoms with Gasteiger partial charge in [0.25, 0.3) is 5.91 Å². The average molecular weight is 450 g/mol. The molecule has 7 nitrogen and oxygen atoms in total. The van der Waals surface area contributed by atoms with Gasteiger partial charge >= 0.3 is 0 Å². The first kappa shape index (κ1) is 22.8. The zero-order chi connectivity index (χ0) is 23.2. The Kier molecular flexibility index (Phi) is 7.27. The quantitative estimate of drug-likeness (QED) is 0.703. The molecule has 2 aromatic rings. The molecular formula is C26H31N3O4. The molecule has 2 atom stereocenters. The van der Waals surface area contributed by atoms with Gasteiger partial charge in [0.05, 0.1) is 5.92 Å². The van der Waals surface area contributed by atoms with Crippen molar-refractivity contribution in [2.45, 2.75) is 19.3 Å². The summed E-state index contributed by atoms with van der Waals surface area (Å²) in [5.41, 5.74) is 1.14. The minimum absolute atomic E-state index is 0.0408. The SMILES string of the molecule is CC(=O)N1CCN(C(=O)C2CC(c3ccccc3)CN(C(=O)COc3ccccc3)C2)CC1. The highest BCUT2D eigenvalue weighted by molar-refractivity contribution is 5.82. The predicted molar refractivity (Wildman–Crippen MR) is 125 cm³/mol. The number of amides is 3. The highest BCUT2D eigenvalue weighted by Crippen LogP contribution is 2.31. The highest BCUT2D eigenvalue weighted by Gasteiger charge is 2.37. The molecule has 174 valence electrons. The zero-order valence-corrected chi connectivity index (χ0v) is 19.1. The third-order valence-corrected chi connectivity index (χ3v) is 6.57. The van der Waals surface area contributed by atoms with Gasteiger partial charge in [-0.05, 0) is 24.1 Å². The van der Waals surface area contributed by atoms with Crippen LogP contribution in [0.15, 0.2) is 60.7 Å². The molecule has 2 unspecified atom stereocenters. The maximum Gasteiger partial charge on any atom is 0.260 e. The first-order valence-corrected chi connectivity index (χ1v) is 11.6. The Hall–Kier alpha value is -3.35. The first-order valence-electron chi connectivity index (χ1n) is 11.6. The molecule has 33 heavy (non-hydrogen) atoms. The normalized spacial score (nSPS) is 20.9. The second kappa shape index (κ2) is 10.5. The lowest BCUT2D eigenvalue weighted by molar-refractivity contribution is -0.145. The van der Waals surface area contributed by atoms with E-state index < -0.39 is 0 Å². The molecule has 0 bridgehead atoms. The Morgan fingerprint density at radius 1 is 0.818 bits per heavy atom. The lowest BCUT2D eigenvalue weighted by Gasteiger charge is -2.41. The van der Waals surface area contributed by atoms with Crippen molar-refractivity contribution in [3.05, 3.63) is 66.2 Å². The van der Waals surface area contributed by atoms with E-state index in [9.17, 15) is 14.4 Å². The fraction of sp³-hybridized carbons (Fsp3) is 0.423. The van der Waals surface area contributed by atoms with Crippen LogP contribution in [-0.4, -0.2) is 78.3 Å². The van der Waals surface area contributed by atoms with E-state index in [-0.39, 0.29) is 36.2 Å². The number of benzene rings is 2. The standard InChI is InChI=1S/C26H31N3O4/c1-20(30)27-12-14-28(15-13-27)26(32)23-16-22(21-8-4-2-5-9-21)17-29(18-23)25(31)19-33-24-10-6-3-7-11-24/h2-11,22-23H,12-19H2,1H3. The van der Waals surface area contributed by atoms with Gasteiger partial charge in [0.15, 0.2) is 6.61 Å². The monoisotopic (exact) mass is 449 g/mol. The summed E-state index contributed by atoms with van der Waals surface area (Å²) in [4.78, 5) is 43.5. The molecule has 0 N–H and O–H groups in total. The summed E-state index contributed by atoms with van der Waals surface area (Å²) in [5.74, 6) is 0.471. The Morgan fingerprint density at radius 2 is 1.42 bits per heavy atom. The van der Waals surface area contributed by atoms with Crippen molar-refractivity contribution in [1.29, 1.82) is 0 Å². The van der Waals surface area contributed by atoms with Crippen LogP contribution < -0.4 is 4.74 Å². The number of hydrogen-bond acceptors (Lipinski definition) is 4. The number of carbonyl (C=O) groups is 3. The Morgan fingerprint density at radius 3 is 2.06 bits per heavy atom. The lowest BCUT2D eigenvalue weighted by Crippen LogP contribution is -2.54. The largest absolute Gasteiger partial charge is 0.484 e. The molecule has 2 fully saturated rings. The zero-order valence-electron chi connectivity index (χ0n) is 19.1. The Labute approximate surface area is 194 Å². The van der Waals surface area contributed by atoms with Crippen LogP contribution in [0, 0.1) is 5.92 Å². The van der Waals surface area contributed by atoms with Crippen molar-refractivity contribution in [2.75, 3.05) is 45.9 Å². The number of para-hydroxylation sites is 1. The van der Waals surface area contributed by atoms with Gasteiger partial charge < -0.3 is 19.4 Å². The number of nitrogens with zero attached hydrogens (tertiary/aromatic N) is 3. The van der Waals surface area contributed by atoms with E-state index >= 15 is 0 Å². The summed E-state index contributed by atoms with van der Waals surface area (Å²) in [6.07, 6.45) is 0.707. The second-order valence-electron chi connectivity index (χ2n) is 8.77. The Balaban J connectivity index is 1.45. The number of carbonyl (C=O) groups excluding carboxylic acids is 3. The molecule has 4 rings (SSSR count). The Bertz CT molecular complexity index is 958. The average Bonchev–Trinajstić information content (AvgIpc) is 2.87. The summed E-state index contributed by atoms with van der Waals surface area (Å²) in [6, 6.07) is 19.4. The molecule has 2 heterocycles. The maximum atomic E-state index is 13.4. The van der Waals surface area contributed by atoms with Crippen molar-refractivity contribution in [2.24, 2.45) is 5.92 Å². The number of piperidine rings is 1. The van der Waals surface area contributed by atoms with Gasteiger partial charge in [-0.2, -0.15) is 0 Å². The summed E-state index contributed by atoms with van der Waals surface area (Å²) < 4.78 is 5.68. The number of ether oxygens (including phenoxy) is 1. The fourth-order valence-corrected chi connectivity index (χ4v) is 4.70. The first-order chi connectivity index (χ1) is 16.0.